The number of aliphatic hydroxyl groups excluding tert-OH is 1. The second kappa shape index (κ2) is 23.4. The van der Waals surface area contributed by atoms with Gasteiger partial charge in [0.05, 0.1) is 44.4 Å². The van der Waals surface area contributed by atoms with E-state index in [2.05, 4.69) is 22.0 Å². The summed E-state index contributed by atoms with van der Waals surface area (Å²) in [5.74, 6) is 0.188. The van der Waals surface area contributed by atoms with E-state index in [1.54, 1.807) is 30.3 Å². The molecule has 3 aromatic rings. The minimum absolute atomic E-state index is 0.0181. The molecular formula is C40H63N6O9P. The quantitative estimate of drug-likeness (QED) is 0.0414. The number of nitrogen functional groups attached to an aromatic ring is 1. The number of phosphoric acid groups is 1. The molecule has 0 aromatic carbocycles. The highest BCUT2D eigenvalue weighted by Crippen LogP contribution is 2.47. The van der Waals surface area contributed by atoms with Crippen LogP contribution in [0.1, 0.15) is 134 Å². The molecule has 1 unspecified atom stereocenters. The minimum atomic E-state index is -4.71. The van der Waals surface area contributed by atoms with Crippen LogP contribution in [0.3, 0.4) is 0 Å². The molecule has 0 saturated carbocycles. The predicted molar refractivity (Wildman–Crippen MR) is 211 cm³/mol. The van der Waals surface area contributed by atoms with Crippen LogP contribution in [0.25, 0.3) is 5.52 Å². The number of nitriles is 1. The normalized spacial score (nSPS) is 21.3. The topological polar surface area (TPSA) is 217 Å². The molecule has 1 fully saturated rings. The van der Waals surface area contributed by atoms with Crippen molar-refractivity contribution in [2.24, 2.45) is 0 Å². The smallest absolute Gasteiger partial charge is 0.386 e. The summed E-state index contributed by atoms with van der Waals surface area (Å²) in [5.41, 5.74) is 3.77. The Morgan fingerprint density at radius 1 is 0.982 bits per heavy atom. The fourth-order valence-electron chi connectivity index (χ4n) is 6.91. The van der Waals surface area contributed by atoms with E-state index in [0.717, 1.165) is 19.3 Å². The Hall–Kier alpha value is -3.03. The van der Waals surface area contributed by atoms with Gasteiger partial charge in [0.1, 0.15) is 41.4 Å². The molecule has 4 rings (SSSR count). The zero-order chi connectivity index (χ0) is 40.3. The largest absolute Gasteiger partial charge is 0.472 e. The number of ether oxygens (including phenoxy) is 3. The third-order valence-electron chi connectivity index (χ3n) is 10.4. The Balaban J connectivity index is 1.17. The Labute approximate surface area is 331 Å². The average molecular weight is 803 g/mol. The number of fused-ring (bicyclic) bond motifs is 1. The van der Waals surface area contributed by atoms with Gasteiger partial charge >= 0.3 is 7.82 Å². The summed E-state index contributed by atoms with van der Waals surface area (Å²) in [6, 6.07) is 10.1. The van der Waals surface area contributed by atoms with E-state index in [1.807, 2.05) is 6.07 Å². The van der Waals surface area contributed by atoms with E-state index < -0.39 is 37.8 Å². The second-order valence-electron chi connectivity index (χ2n) is 15.1. The fraction of sp³-hybridized carbons (Fsp3) is 0.700. The number of rotatable bonds is 29. The van der Waals surface area contributed by atoms with Crippen molar-refractivity contribution in [3.05, 3.63) is 53.7 Å². The van der Waals surface area contributed by atoms with Crippen LogP contribution >= 0.6 is 7.82 Å². The van der Waals surface area contributed by atoms with Crippen LogP contribution in [0, 0.1) is 11.3 Å². The van der Waals surface area contributed by atoms with E-state index in [4.69, 9.17) is 29.0 Å². The van der Waals surface area contributed by atoms with Crippen LogP contribution < -0.4 is 5.73 Å². The van der Waals surface area contributed by atoms with Crippen molar-refractivity contribution < 1.29 is 42.9 Å². The number of nitrogens with two attached hydrogens (primary N) is 1. The molecule has 5 atom stereocenters. The number of pyridine rings is 1. The lowest BCUT2D eigenvalue weighted by atomic mass is 9.86. The summed E-state index contributed by atoms with van der Waals surface area (Å²) in [7, 11) is -4.71. The number of anilines is 1. The predicted octanol–water partition coefficient (Wildman–Crippen LogP) is 6.91. The van der Waals surface area contributed by atoms with Crippen LogP contribution in [-0.2, 0) is 40.0 Å². The molecule has 0 bridgehead atoms. The van der Waals surface area contributed by atoms with E-state index >= 15 is 0 Å². The molecule has 4 heterocycles. The van der Waals surface area contributed by atoms with Crippen molar-refractivity contribution in [3.63, 3.8) is 0 Å². The first-order chi connectivity index (χ1) is 27.0. The summed E-state index contributed by atoms with van der Waals surface area (Å²) in [5, 5.41) is 36.1. The summed E-state index contributed by atoms with van der Waals surface area (Å²) >= 11 is 0. The summed E-state index contributed by atoms with van der Waals surface area (Å²) in [6.07, 6.45) is 19.3. The van der Waals surface area contributed by atoms with E-state index in [0.29, 0.717) is 17.8 Å². The first kappa shape index (κ1) is 45.7. The molecule has 1 aliphatic heterocycles. The van der Waals surface area contributed by atoms with Gasteiger partial charge in [0.2, 0.25) is 0 Å². The SMILES string of the molecule is CCCCCCCCCCCCCCCCCCOC[C@H](COP(=O)(O)OC[C@@]1(C)OC[C@](O)(c2ccc3c(N)ncnn23)[C@@H]1O)OCc1cccc(C#N)n1. The van der Waals surface area contributed by atoms with Crippen molar-refractivity contribution in [1.29, 1.82) is 5.26 Å². The van der Waals surface area contributed by atoms with Gasteiger partial charge in [0.15, 0.2) is 11.4 Å². The standard InChI is InChI=1S/C40H63N6O9P/c1-3-4-5-6-7-8-9-10-11-12-13-14-15-16-17-18-24-51-27-34(52-26-33-21-19-20-32(25-41)45-33)28-54-56(49,50)55-29-39(2)38(47)40(48,30-53-39)36-23-22-35-37(42)43-31-44-46(35)36/h19-23,31,34,38,47-48H,3-18,24,26-30H2,1-2H3,(H,49,50)(H2,42,43,44)/t34-,38-,39-,40+/m1/s1. The van der Waals surface area contributed by atoms with Crippen LogP contribution in [0.15, 0.2) is 36.7 Å². The maximum Gasteiger partial charge on any atom is 0.472 e. The van der Waals surface area contributed by atoms with Crippen molar-refractivity contribution in [2.45, 2.75) is 147 Å². The number of aromatic nitrogens is 4. The number of aliphatic hydroxyl groups is 2. The third-order valence-corrected chi connectivity index (χ3v) is 11.3. The first-order valence-corrected chi connectivity index (χ1v) is 21.8. The molecule has 0 radical (unpaired) electrons. The molecule has 312 valence electrons. The Bertz CT molecular complexity index is 1690. The van der Waals surface area contributed by atoms with Crippen LogP contribution in [0.4, 0.5) is 5.82 Å². The number of unbranched alkanes of at least 4 members (excludes halogenated alkanes) is 15. The van der Waals surface area contributed by atoms with Gasteiger partial charge < -0.3 is 35.1 Å². The zero-order valence-electron chi connectivity index (χ0n) is 33.2. The monoisotopic (exact) mass is 802 g/mol. The van der Waals surface area contributed by atoms with Gasteiger partial charge in [-0.3, -0.25) is 9.05 Å². The Morgan fingerprint density at radius 2 is 1.62 bits per heavy atom. The Morgan fingerprint density at radius 3 is 2.27 bits per heavy atom. The molecule has 16 heteroatoms. The third kappa shape index (κ3) is 14.1. The number of hydrogen-bond acceptors (Lipinski definition) is 13. The van der Waals surface area contributed by atoms with Crippen molar-refractivity contribution >= 4 is 19.2 Å². The van der Waals surface area contributed by atoms with Gasteiger partial charge in [-0.25, -0.2) is 19.0 Å². The number of hydrogen-bond donors (Lipinski definition) is 4. The molecule has 0 aliphatic carbocycles. The van der Waals surface area contributed by atoms with Crippen LogP contribution in [0.5, 0.6) is 0 Å². The maximum absolute atomic E-state index is 13.1. The molecule has 0 amide bonds. The lowest BCUT2D eigenvalue weighted by Crippen LogP contribution is -2.49. The highest BCUT2D eigenvalue weighted by Gasteiger charge is 2.58. The molecule has 5 N–H and O–H groups in total. The number of nitrogens with zero attached hydrogens (tertiary/aromatic N) is 5. The van der Waals surface area contributed by atoms with Gasteiger partial charge in [-0.2, -0.15) is 10.4 Å². The van der Waals surface area contributed by atoms with Gasteiger partial charge in [-0.05, 0) is 37.6 Å². The molecule has 0 spiro atoms. The highest BCUT2D eigenvalue weighted by molar-refractivity contribution is 7.47. The van der Waals surface area contributed by atoms with Gasteiger partial charge in [0.25, 0.3) is 0 Å². The van der Waals surface area contributed by atoms with Crippen molar-refractivity contribution in [1.82, 2.24) is 19.6 Å². The molecule has 3 aromatic heterocycles. The molecule has 1 saturated heterocycles. The van der Waals surface area contributed by atoms with E-state index in [9.17, 15) is 24.9 Å². The highest BCUT2D eigenvalue weighted by atomic mass is 31.2. The second-order valence-corrected chi connectivity index (χ2v) is 16.5. The molecule has 1 aliphatic rings. The summed E-state index contributed by atoms with van der Waals surface area (Å²) in [4.78, 5) is 18.8. The van der Waals surface area contributed by atoms with Crippen molar-refractivity contribution in [2.75, 3.05) is 38.8 Å². The molecular weight excluding hydrogens is 739 g/mol. The summed E-state index contributed by atoms with van der Waals surface area (Å²) in [6.45, 7) is 3.02. The Kier molecular flexibility index (Phi) is 19.1. The lowest BCUT2D eigenvalue weighted by Gasteiger charge is -2.32. The summed E-state index contributed by atoms with van der Waals surface area (Å²) < 4.78 is 42.6. The van der Waals surface area contributed by atoms with Gasteiger partial charge in [0, 0.05) is 6.61 Å². The van der Waals surface area contributed by atoms with Crippen molar-refractivity contribution in [3.8, 4) is 6.07 Å². The molecule has 56 heavy (non-hydrogen) atoms. The molecule has 15 nitrogen and oxygen atoms in total. The fourth-order valence-corrected chi connectivity index (χ4v) is 7.76. The lowest BCUT2D eigenvalue weighted by molar-refractivity contribution is -0.101. The van der Waals surface area contributed by atoms with Crippen LogP contribution in [0.2, 0.25) is 0 Å². The van der Waals surface area contributed by atoms with E-state index in [1.165, 1.54) is 101 Å². The van der Waals surface area contributed by atoms with Gasteiger partial charge in [-0.1, -0.05) is 109 Å². The van der Waals surface area contributed by atoms with E-state index in [-0.39, 0.29) is 43.6 Å². The zero-order valence-corrected chi connectivity index (χ0v) is 34.1. The number of phosphoric ester groups is 1. The van der Waals surface area contributed by atoms with Gasteiger partial charge in [-0.15, -0.1) is 0 Å². The maximum atomic E-state index is 13.1. The first-order valence-electron chi connectivity index (χ1n) is 20.3. The minimum Gasteiger partial charge on any atom is -0.386 e. The van der Waals surface area contributed by atoms with Crippen LogP contribution in [-0.4, -0.2) is 85.5 Å². The average Bonchev–Trinajstić information content (AvgIpc) is 3.74.